The first-order valence-electron chi connectivity index (χ1n) is 5.93. The van der Waals surface area contributed by atoms with Crippen LogP contribution in [0, 0.1) is 0 Å². The summed E-state index contributed by atoms with van der Waals surface area (Å²) < 4.78 is 6.82. The molecule has 0 spiro atoms. The van der Waals surface area contributed by atoms with Gasteiger partial charge in [0.25, 0.3) is 5.56 Å². The van der Waals surface area contributed by atoms with Gasteiger partial charge in [0.15, 0.2) is 0 Å². The summed E-state index contributed by atoms with van der Waals surface area (Å²) in [5.74, 6) is 0. The average molecular weight is 255 g/mol. The fourth-order valence-corrected chi connectivity index (χ4v) is 2.09. The first kappa shape index (κ1) is 13.0. The number of aliphatic hydroxyl groups excluding tert-OH is 1. The molecule has 0 bridgehead atoms. The third kappa shape index (κ3) is 2.24. The Morgan fingerprint density at radius 1 is 1.61 bits per heavy atom. The number of aromatic nitrogens is 2. The Balaban J connectivity index is 2.35. The van der Waals surface area contributed by atoms with Crippen molar-refractivity contribution in [2.45, 2.75) is 38.1 Å². The summed E-state index contributed by atoms with van der Waals surface area (Å²) in [4.78, 5) is 25.4. The summed E-state index contributed by atoms with van der Waals surface area (Å²) in [5, 5.41) is 9.07. The predicted octanol–water partition coefficient (Wildman–Crippen LogP) is -1.29. The zero-order chi connectivity index (χ0) is 13.3. The molecule has 0 radical (unpaired) electrons. The molecule has 100 valence electrons. The highest BCUT2D eigenvalue weighted by molar-refractivity contribution is 5.05. The number of rotatable bonds is 3. The first-order chi connectivity index (χ1) is 8.56. The van der Waals surface area contributed by atoms with Crippen LogP contribution in [-0.2, 0) is 11.2 Å². The number of ether oxygens (including phenoxy) is 1. The van der Waals surface area contributed by atoms with Gasteiger partial charge < -0.3 is 15.6 Å². The third-order valence-corrected chi connectivity index (χ3v) is 3.20. The molecule has 18 heavy (non-hydrogen) atoms. The minimum absolute atomic E-state index is 0.184. The van der Waals surface area contributed by atoms with Crippen LogP contribution in [0.15, 0.2) is 15.8 Å². The number of aliphatic hydroxyl groups is 1. The van der Waals surface area contributed by atoms with Crippen molar-refractivity contribution in [2.24, 2.45) is 5.73 Å². The standard InChI is InChI=1S/C11H17N3O4/c1-2-6-4-14(11(17)13-10(6)16)9-3-7(12)8(5-15)18-9/h4,7-9,15H,2-3,5,12H2,1H3,(H,13,16,17)/t7?,8-,9-/m1/s1. The topological polar surface area (TPSA) is 110 Å². The molecule has 1 unspecified atom stereocenters. The summed E-state index contributed by atoms with van der Waals surface area (Å²) in [6, 6.07) is -0.316. The van der Waals surface area contributed by atoms with Gasteiger partial charge in [-0.25, -0.2) is 4.79 Å². The van der Waals surface area contributed by atoms with Crippen LogP contribution in [0.25, 0.3) is 0 Å². The molecule has 1 fully saturated rings. The van der Waals surface area contributed by atoms with Gasteiger partial charge in [-0.15, -0.1) is 0 Å². The Bertz CT molecular complexity index is 536. The molecule has 1 aromatic heterocycles. The Morgan fingerprint density at radius 2 is 2.33 bits per heavy atom. The second-order valence-corrected chi connectivity index (χ2v) is 4.39. The minimum atomic E-state index is -0.535. The molecule has 1 aromatic rings. The lowest BCUT2D eigenvalue weighted by Crippen LogP contribution is -2.34. The molecule has 2 rings (SSSR count). The lowest BCUT2D eigenvalue weighted by atomic mass is 10.1. The van der Waals surface area contributed by atoms with Crippen molar-refractivity contribution in [1.82, 2.24) is 9.55 Å². The molecule has 3 atom stereocenters. The van der Waals surface area contributed by atoms with Gasteiger partial charge in [0.05, 0.1) is 12.7 Å². The van der Waals surface area contributed by atoms with E-state index in [4.69, 9.17) is 15.6 Å². The van der Waals surface area contributed by atoms with E-state index in [1.807, 2.05) is 6.92 Å². The van der Waals surface area contributed by atoms with Gasteiger partial charge in [-0.05, 0) is 6.42 Å². The maximum Gasteiger partial charge on any atom is 0.330 e. The van der Waals surface area contributed by atoms with Crippen molar-refractivity contribution in [1.29, 1.82) is 0 Å². The Labute approximate surface area is 103 Å². The number of nitrogens with one attached hydrogen (secondary N) is 1. The van der Waals surface area contributed by atoms with Crippen LogP contribution in [0.1, 0.15) is 25.1 Å². The Hall–Kier alpha value is -1.44. The smallest absolute Gasteiger partial charge is 0.330 e. The van der Waals surface area contributed by atoms with Crippen molar-refractivity contribution >= 4 is 0 Å². The molecule has 0 amide bonds. The molecule has 1 aliphatic rings. The highest BCUT2D eigenvalue weighted by atomic mass is 16.5. The van der Waals surface area contributed by atoms with Crippen molar-refractivity contribution in [3.8, 4) is 0 Å². The largest absolute Gasteiger partial charge is 0.394 e. The molecule has 7 nitrogen and oxygen atoms in total. The molecule has 7 heteroatoms. The molecule has 2 heterocycles. The van der Waals surface area contributed by atoms with Gasteiger partial charge in [-0.2, -0.15) is 0 Å². The number of aryl methyl sites for hydroxylation is 1. The summed E-state index contributed by atoms with van der Waals surface area (Å²) in [5.41, 5.74) is 5.41. The van der Waals surface area contributed by atoms with Gasteiger partial charge in [0.1, 0.15) is 6.23 Å². The zero-order valence-electron chi connectivity index (χ0n) is 10.1. The zero-order valence-corrected chi connectivity index (χ0v) is 10.1. The second-order valence-electron chi connectivity index (χ2n) is 4.39. The van der Waals surface area contributed by atoms with E-state index in [1.165, 1.54) is 10.8 Å². The number of H-pyrrole nitrogens is 1. The Morgan fingerprint density at radius 3 is 2.89 bits per heavy atom. The van der Waals surface area contributed by atoms with Crippen LogP contribution < -0.4 is 17.0 Å². The molecular weight excluding hydrogens is 238 g/mol. The third-order valence-electron chi connectivity index (χ3n) is 3.20. The number of hydrogen-bond acceptors (Lipinski definition) is 5. The first-order valence-corrected chi connectivity index (χ1v) is 5.93. The number of nitrogens with zero attached hydrogens (tertiary/aromatic N) is 1. The van der Waals surface area contributed by atoms with E-state index in [0.717, 1.165) is 0 Å². The summed E-state index contributed by atoms with van der Waals surface area (Å²) >= 11 is 0. The highest BCUT2D eigenvalue weighted by Gasteiger charge is 2.33. The molecule has 1 saturated heterocycles. The molecule has 0 aromatic carbocycles. The van der Waals surface area contributed by atoms with Gasteiger partial charge in [-0.1, -0.05) is 6.92 Å². The monoisotopic (exact) mass is 255 g/mol. The van der Waals surface area contributed by atoms with Gasteiger partial charge in [-0.3, -0.25) is 14.3 Å². The Kier molecular flexibility index (Phi) is 3.65. The van der Waals surface area contributed by atoms with E-state index in [9.17, 15) is 9.59 Å². The lowest BCUT2D eigenvalue weighted by molar-refractivity contribution is -0.0272. The van der Waals surface area contributed by atoms with E-state index in [2.05, 4.69) is 4.98 Å². The molecule has 4 N–H and O–H groups in total. The average Bonchev–Trinajstić information content (AvgIpc) is 2.70. The van der Waals surface area contributed by atoms with E-state index in [-0.39, 0.29) is 18.2 Å². The van der Waals surface area contributed by atoms with E-state index in [1.54, 1.807) is 0 Å². The van der Waals surface area contributed by atoms with Gasteiger partial charge in [0.2, 0.25) is 0 Å². The number of nitrogens with two attached hydrogens (primary N) is 1. The van der Waals surface area contributed by atoms with Crippen molar-refractivity contribution in [3.63, 3.8) is 0 Å². The highest BCUT2D eigenvalue weighted by Crippen LogP contribution is 2.25. The summed E-state index contributed by atoms with van der Waals surface area (Å²) in [6.07, 6.45) is 1.45. The number of aromatic amines is 1. The number of hydrogen-bond donors (Lipinski definition) is 3. The van der Waals surface area contributed by atoms with Crippen LogP contribution in [-0.4, -0.2) is 33.4 Å². The molecular formula is C11H17N3O4. The van der Waals surface area contributed by atoms with Crippen molar-refractivity contribution < 1.29 is 9.84 Å². The molecule has 1 aliphatic heterocycles. The maximum absolute atomic E-state index is 11.7. The van der Waals surface area contributed by atoms with Crippen molar-refractivity contribution in [3.05, 3.63) is 32.6 Å². The molecule has 0 aliphatic carbocycles. The quantitative estimate of drug-likeness (QED) is 0.622. The fraction of sp³-hybridized carbons (Fsp3) is 0.636. The molecule has 0 saturated carbocycles. The summed E-state index contributed by atoms with van der Waals surface area (Å²) in [7, 11) is 0. The van der Waals surface area contributed by atoms with Gasteiger partial charge >= 0.3 is 5.69 Å². The second kappa shape index (κ2) is 5.05. The van der Waals surface area contributed by atoms with E-state index >= 15 is 0 Å². The van der Waals surface area contributed by atoms with Gasteiger partial charge in [0, 0.05) is 24.2 Å². The van der Waals surface area contributed by atoms with Crippen LogP contribution in [0.2, 0.25) is 0 Å². The predicted molar refractivity (Wildman–Crippen MR) is 64.3 cm³/mol. The maximum atomic E-state index is 11.7. The van der Waals surface area contributed by atoms with Crippen LogP contribution in [0.5, 0.6) is 0 Å². The van der Waals surface area contributed by atoms with Crippen molar-refractivity contribution in [2.75, 3.05) is 6.61 Å². The SMILES string of the molecule is CCc1cn([C@H]2CC(N)[C@@H](CO)O2)c(=O)[nH]c1=O. The van der Waals surface area contributed by atoms with Crippen LogP contribution in [0.3, 0.4) is 0 Å². The van der Waals surface area contributed by atoms with E-state index in [0.29, 0.717) is 18.4 Å². The normalized spacial score (nSPS) is 27.6. The summed E-state index contributed by atoms with van der Waals surface area (Å²) in [6.45, 7) is 1.65. The minimum Gasteiger partial charge on any atom is -0.394 e. The van der Waals surface area contributed by atoms with Crippen LogP contribution >= 0.6 is 0 Å². The van der Waals surface area contributed by atoms with Crippen LogP contribution in [0.4, 0.5) is 0 Å². The van der Waals surface area contributed by atoms with E-state index < -0.39 is 18.0 Å². The lowest BCUT2D eigenvalue weighted by Gasteiger charge is -2.15. The fourth-order valence-electron chi connectivity index (χ4n) is 2.09.